The first-order valence-electron chi connectivity index (χ1n) is 6.58. The molecule has 2 aromatic heterocycles. The van der Waals surface area contributed by atoms with E-state index in [0.29, 0.717) is 16.8 Å². The van der Waals surface area contributed by atoms with E-state index in [9.17, 15) is 13.2 Å². The Labute approximate surface area is 149 Å². The van der Waals surface area contributed by atoms with Crippen molar-refractivity contribution in [3.63, 3.8) is 0 Å². The number of halogens is 1. The number of carbonyl (C=O) groups excluding carboxylic acids is 1. The average Bonchev–Trinajstić information content (AvgIpc) is 3.13. The summed E-state index contributed by atoms with van der Waals surface area (Å²) in [4.78, 5) is 16.3. The average molecular weight is 431 g/mol. The molecule has 0 bridgehead atoms. The van der Waals surface area contributed by atoms with Crippen LogP contribution < -0.4 is 5.32 Å². The molecule has 0 atom stereocenters. The zero-order valence-electron chi connectivity index (χ0n) is 11.9. The predicted octanol–water partition coefficient (Wildman–Crippen LogP) is 4.17. The van der Waals surface area contributed by atoms with Gasteiger partial charge in [0.1, 0.15) is 0 Å². The van der Waals surface area contributed by atoms with Gasteiger partial charge in [0.2, 0.25) is 14.2 Å². The highest BCUT2D eigenvalue weighted by atomic mass is 79.9. The van der Waals surface area contributed by atoms with E-state index < -0.39 is 9.84 Å². The zero-order chi connectivity index (χ0) is 16.6. The Morgan fingerprint density at radius 1 is 1.35 bits per heavy atom. The van der Waals surface area contributed by atoms with E-state index >= 15 is 0 Å². The lowest BCUT2D eigenvalue weighted by Crippen LogP contribution is -2.10. The van der Waals surface area contributed by atoms with Crippen LogP contribution in [0.4, 0.5) is 5.69 Å². The molecule has 2 heterocycles. The molecule has 23 heavy (non-hydrogen) atoms. The summed E-state index contributed by atoms with van der Waals surface area (Å²) < 4.78 is 25.5. The fourth-order valence-electron chi connectivity index (χ4n) is 1.87. The van der Waals surface area contributed by atoms with Crippen LogP contribution in [0, 0.1) is 0 Å². The highest BCUT2D eigenvalue weighted by Gasteiger charge is 2.17. The van der Waals surface area contributed by atoms with E-state index in [0.717, 1.165) is 19.8 Å². The van der Waals surface area contributed by atoms with E-state index in [4.69, 9.17) is 0 Å². The molecular weight excluding hydrogens is 420 g/mol. The van der Waals surface area contributed by atoms with E-state index in [1.54, 1.807) is 36.6 Å². The summed E-state index contributed by atoms with van der Waals surface area (Å²) in [6.07, 6.45) is 0. The minimum Gasteiger partial charge on any atom is -0.322 e. The maximum atomic E-state index is 12.1. The molecule has 0 fully saturated rings. The number of aromatic nitrogens is 1. The van der Waals surface area contributed by atoms with Crippen molar-refractivity contribution in [3.8, 4) is 0 Å². The Balaban J connectivity index is 1.90. The molecule has 0 spiro atoms. The van der Waals surface area contributed by atoms with Gasteiger partial charge in [-0.15, -0.1) is 22.7 Å². The Morgan fingerprint density at radius 2 is 2.13 bits per heavy atom. The van der Waals surface area contributed by atoms with Gasteiger partial charge in [-0.05, 0) is 40.2 Å². The Morgan fingerprint density at radius 3 is 2.78 bits per heavy atom. The molecule has 0 saturated carbocycles. The number of amides is 1. The summed E-state index contributed by atoms with van der Waals surface area (Å²) in [7, 11) is -3.32. The Bertz CT molecular complexity index is 992. The van der Waals surface area contributed by atoms with Crippen LogP contribution in [0.15, 0.2) is 37.8 Å². The summed E-state index contributed by atoms with van der Waals surface area (Å²) in [5, 5.41) is 4.56. The number of carbonyl (C=O) groups is 1. The second kappa shape index (κ2) is 6.31. The number of anilines is 1. The van der Waals surface area contributed by atoms with Gasteiger partial charge in [-0.2, -0.15) is 0 Å². The summed E-state index contributed by atoms with van der Waals surface area (Å²) in [5.41, 5.74) is 1.78. The van der Waals surface area contributed by atoms with Crippen molar-refractivity contribution >= 4 is 70.3 Å². The third kappa shape index (κ3) is 3.47. The van der Waals surface area contributed by atoms with E-state index in [-0.39, 0.29) is 16.0 Å². The third-order valence-electron chi connectivity index (χ3n) is 3.10. The quantitative estimate of drug-likeness (QED) is 0.673. The molecule has 0 aliphatic rings. The number of benzene rings is 1. The molecule has 1 N–H and O–H groups in total. The van der Waals surface area contributed by atoms with Crippen molar-refractivity contribution < 1.29 is 13.2 Å². The minimum absolute atomic E-state index is 0.0173. The highest BCUT2D eigenvalue weighted by Crippen LogP contribution is 2.29. The maximum absolute atomic E-state index is 12.1. The van der Waals surface area contributed by atoms with E-state index in [1.807, 2.05) is 0 Å². The van der Waals surface area contributed by atoms with Crippen LogP contribution in [0.3, 0.4) is 0 Å². The topological polar surface area (TPSA) is 76.1 Å². The smallest absolute Gasteiger partial charge is 0.256 e. The van der Waals surface area contributed by atoms with Crippen LogP contribution in [0.25, 0.3) is 10.2 Å². The molecule has 5 nitrogen and oxygen atoms in total. The van der Waals surface area contributed by atoms with Crippen molar-refractivity contribution in [1.29, 1.82) is 0 Å². The molecule has 0 radical (unpaired) electrons. The van der Waals surface area contributed by atoms with Gasteiger partial charge in [0.25, 0.3) is 5.91 Å². The number of rotatable bonds is 4. The number of nitrogens with one attached hydrogen (secondary N) is 1. The number of fused-ring (bicyclic) bond motifs is 1. The standard InChI is InChI=1S/C14H11BrN2O3S3/c1-2-23(19,20)14-17-10-4-3-9(6-11(10)22-14)16-13(18)8-5-12(15)21-7-8/h3-7H,2H2,1H3,(H,16,18). The number of thiazole rings is 1. The van der Waals surface area contributed by atoms with Crippen LogP contribution in [-0.4, -0.2) is 25.1 Å². The molecule has 0 aliphatic carbocycles. The van der Waals surface area contributed by atoms with Gasteiger partial charge >= 0.3 is 0 Å². The number of nitrogens with zero attached hydrogens (tertiary/aromatic N) is 1. The zero-order valence-corrected chi connectivity index (χ0v) is 15.9. The van der Waals surface area contributed by atoms with Crippen molar-refractivity contribution in [3.05, 3.63) is 39.0 Å². The molecule has 0 aliphatic heterocycles. The first kappa shape index (κ1) is 16.6. The fraction of sp³-hybridized carbons (Fsp3) is 0.143. The Hall–Kier alpha value is -1.29. The molecule has 0 saturated heterocycles. The normalized spacial score (nSPS) is 11.7. The molecule has 0 unspecified atom stereocenters. The van der Waals surface area contributed by atoms with Gasteiger partial charge in [0.05, 0.1) is 25.3 Å². The minimum atomic E-state index is -3.32. The van der Waals surface area contributed by atoms with Gasteiger partial charge in [0, 0.05) is 11.1 Å². The molecule has 3 rings (SSSR count). The summed E-state index contributed by atoms with van der Waals surface area (Å²) in [6, 6.07) is 6.90. The van der Waals surface area contributed by atoms with Crippen LogP contribution in [-0.2, 0) is 9.84 Å². The second-order valence-corrected chi connectivity index (χ2v) is 10.4. The van der Waals surface area contributed by atoms with Crippen LogP contribution in [0.5, 0.6) is 0 Å². The monoisotopic (exact) mass is 430 g/mol. The number of thiophene rings is 1. The van der Waals surface area contributed by atoms with Gasteiger partial charge in [-0.1, -0.05) is 6.92 Å². The lowest BCUT2D eigenvalue weighted by atomic mass is 10.2. The SMILES string of the molecule is CCS(=O)(=O)c1nc2ccc(NC(=O)c3csc(Br)c3)cc2s1. The molecule has 1 amide bonds. The van der Waals surface area contributed by atoms with Crippen LogP contribution in [0.2, 0.25) is 0 Å². The lowest BCUT2D eigenvalue weighted by molar-refractivity contribution is 0.102. The van der Waals surface area contributed by atoms with Gasteiger partial charge in [0.15, 0.2) is 0 Å². The van der Waals surface area contributed by atoms with Crippen molar-refractivity contribution in [2.24, 2.45) is 0 Å². The first-order chi connectivity index (χ1) is 10.9. The molecule has 120 valence electrons. The van der Waals surface area contributed by atoms with Gasteiger partial charge in [-0.3, -0.25) is 4.79 Å². The molecular formula is C14H11BrN2O3S3. The van der Waals surface area contributed by atoms with Crippen LogP contribution >= 0.6 is 38.6 Å². The van der Waals surface area contributed by atoms with Crippen LogP contribution in [0.1, 0.15) is 17.3 Å². The molecule has 1 aromatic carbocycles. The molecule has 9 heteroatoms. The summed E-state index contributed by atoms with van der Waals surface area (Å²) in [6.45, 7) is 1.59. The van der Waals surface area contributed by atoms with Gasteiger partial charge in [-0.25, -0.2) is 13.4 Å². The van der Waals surface area contributed by atoms with E-state index in [2.05, 4.69) is 26.2 Å². The van der Waals surface area contributed by atoms with Crippen molar-refractivity contribution in [1.82, 2.24) is 4.98 Å². The second-order valence-electron chi connectivity index (χ2n) is 4.66. The fourth-order valence-corrected chi connectivity index (χ4v) is 5.36. The summed E-state index contributed by atoms with van der Waals surface area (Å²) >= 11 is 5.87. The number of hydrogen-bond acceptors (Lipinski definition) is 6. The van der Waals surface area contributed by atoms with E-state index in [1.165, 1.54) is 11.3 Å². The maximum Gasteiger partial charge on any atom is 0.256 e. The number of hydrogen-bond donors (Lipinski definition) is 1. The van der Waals surface area contributed by atoms with Gasteiger partial charge < -0.3 is 5.32 Å². The summed E-state index contributed by atoms with van der Waals surface area (Å²) in [5.74, 6) is -0.194. The first-order valence-corrected chi connectivity index (χ1v) is 10.7. The lowest BCUT2D eigenvalue weighted by Gasteiger charge is -2.03. The largest absolute Gasteiger partial charge is 0.322 e. The predicted molar refractivity (Wildman–Crippen MR) is 97.3 cm³/mol. The number of sulfone groups is 1. The van der Waals surface area contributed by atoms with Crippen molar-refractivity contribution in [2.45, 2.75) is 11.3 Å². The van der Waals surface area contributed by atoms with Crippen molar-refractivity contribution in [2.75, 3.05) is 11.1 Å². The third-order valence-corrected chi connectivity index (χ3v) is 7.81. The Kier molecular flexibility index (Phi) is 4.54. The molecule has 3 aromatic rings. The highest BCUT2D eigenvalue weighted by molar-refractivity contribution is 9.11.